The molecule has 68 valence electrons. The van der Waals surface area contributed by atoms with Crippen molar-refractivity contribution in [3.63, 3.8) is 0 Å². The largest absolute Gasteiger partial charge is 0.465 e. The first-order chi connectivity index (χ1) is 5.74. The lowest BCUT2D eigenvalue weighted by Crippen LogP contribution is -2.18. The summed E-state index contributed by atoms with van der Waals surface area (Å²) in [6, 6.07) is 4.00. The van der Waals surface area contributed by atoms with Gasteiger partial charge in [0.2, 0.25) is 0 Å². The van der Waals surface area contributed by atoms with Crippen LogP contribution in [-0.4, -0.2) is 6.61 Å². The first-order valence-corrected chi connectivity index (χ1v) is 4.17. The van der Waals surface area contributed by atoms with Crippen LogP contribution in [0.4, 0.5) is 0 Å². The minimum absolute atomic E-state index is 0.110. The Kier molecular flexibility index (Phi) is 3.31. The quantitative estimate of drug-likeness (QED) is 0.701. The molecule has 1 heterocycles. The number of hydroxylamine groups is 1. The Labute approximate surface area is 72.7 Å². The lowest BCUT2D eigenvalue weighted by atomic mass is 10.3. The zero-order valence-electron chi connectivity index (χ0n) is 7.76. The van der Waals surface area contributed by atoms with E-state index in [4.69, 9.17) is 9.25 Å². The normalized spacial score (nSPS) is 13.2. The molecule has 0 saturated carbocycles. The summed E-state index contributed by atoms with van der Waals surface area (Å²) in [6.07, 6.45) is 0. The Hall–Kier alpha value is -0.800. The number of hydrogen-bond donors (Lipinski definition) is 1. The van der Waals surface area contributed by atoms with Crippen LogP contribution in [0.2, 0.25) is 0 Å². The smallest absolute Gasteiger partial charge is 0.123 e. The van der Waals surface area contributed by atoms with Gasteiger partial charge >= 0.3 is 0 Å². The zero-order chi connectivity index (χ0) is 8.97. The molecule has 1 unspecified atom stereocenters. The van der Waals surface area contributed by atoms with E-state index in [0.29, 0.717) is 6.61 Å². The third kappa shape index (κ3) is 2.36. The van der Waals surface area contributed by atoms with Crippen molar-refractivity contribution >= 4 is 0 Å². The first-order valence-electron chi connectivity index (χ1n) is 4.17. The lowest BCUT2D eigenvalue weighted by Gasteiger charge is -2.09. The van der Waals surface area contributed by atoms with Crippen LogP contribution in [0.15, 0.2) is 16.5 Å². The van der Waals surface area contributed by atoms with Gasteiger partial charge in [-0.25, -0.2) is 0 Å². The highest BCUT2D eigenvalue weighted by Crippen LogP contribution is 2.14. The van der Waals surface area contributed by atoms with E-state index < -0.39 is 0 Å². The van der Waals surface area contributed by atoms with Gasteiger partial charge in [-0.05, 0) is 32.9 Å². The highest BCUT2D eigenvalue weighted by Gasteiger charge is 2.07. The second-order valence-corrected chi connectivity index (χ2v) is 2.72. The van der Waals surface area contributed by atoms with Crippen LogP contribution in [0.3, 0.4) is 0 Å². The van der Waals surface area contributed by atoms with Crippen molar-refractivity contribution in [2.75, 3.05) is 6.61 Å². The summed E-state index contributed by atoms with van der Waals surface area (Å²) in [5, 5.41) is 0. The summed E-state index contributed by atoms with van der Waals surface area (Å²) in [7, 11) is 0. The maximum absolute atomic E-state index is 5.40. The molecule has 1 rings (SSSR count). The second-order valence-electron chi connectivity index (χ2n) is 2.72. The van der Waals surface area contributed by atoms with Crippen molar-refractivity contribution < 1.29 is 9.25 Å². The Morgan fingerprint density at radius 1 is 1.58 bits per heavy atom. The Morgan fingerprint density at radius 3 is 2.83 bits per heavy atom. The molecule has 0 saturated heterocycles. The van der Waals surface area contributed by atoms with Gasteiger partial charge in [0.1, 0.15) is 11.5 Å². The molecular weight excluding hydrogens is 154 g/mol. The van der Waals surface area contributed by atoms with E-state index >= 15 is 0 Å². The van der Waals surface area contributed by atoms with Gasteiger partial charge in [0, 0.05) is 0 Å². The summed E-state index contributed by atoms with van der Waals surface area (Å²) in [4.78, 5) is 5.05. The molecule has 1 aromatic heterocycles. The average molecular weight is 169 g/mol. The first kappa shape index (κ1) is 9.29. The predicted octanol–water partition coefficient (Wildman–Crippen LogP) is 2.19. The van der Waals surface area contributed by atoms with Gasteiger partial charge in [0.25, 0.3) is 0 Å². The molecule has 3 heteroatoms. The van der Waals surface area contributed by atoms with Crippen molar-refractivity contribution in [1.82, 2.24) is 5.48 Å². The van der Waals surface area contributed by atoms with Crippen LogP contribution in [-0.2, 0) is 4.84 Å². The maximum atomic E-state index is 5.40. The Morgan fingerprint density at radius 2 is 2.33 bits per heavy atom. The van der Waals surface area contributed by atoms with Crippen molar-refractivity contribution in [1.29, 1.82) is 0 Å². The Bertz CT molecular complexity index is 232. The van der Waals surface area contributed by atoms with Crippen LogP contribution < -0.4 is 5.48 Å². The Balaban J connectivity index is 2.47. The van der Waals surface area contributed by atoms with Crippen LogP contribution in [0, 0.1) is 6.92 Å². The maximum Gasteiger partial charge on any atom is 0.123 e. The zero-order valence-corrected chi connectivity index (χ0v) is 7.76. The van der Waals surface area contributed by atoms with Crippen LogP contribution >= 0.6 is 0 Å². The van der Waals surface area contributed by atoms with E-state index in [-0.39, 0.29) is 6.04 Å². The fraction of sp³-hybridized carbons (Fsp3) is 0.556. The van der Waals surface area contributed by atoms with Crippen molar-refractivity contribution in [3.8, 4) is 0 Å². The molecule has 0 aromatic carbocycles. The SMILES string of the molecule is CCONC(C)c1ccc(C)o1. The fourth-order valence-electron chi connectivity index (χ4n) is 0.953. The molecule has 1 N–H and O–H groups in total. The molecule has 0 fully saturated rings. The average Bonchev–Trinajstić information content (AvgIpc) is 2.47. The summed E-state index contributed by atoms with van der Waals surface area (Å²) >= 11 is 0. The number of rotatable bonds is 4. The molecule has 1 aromatic rings. The molecule has 0 aliphatic heterocycles. The van der Waals surface area contributed by atoms with Gasteiger partial charge in [-0.1, -0.05) is 0 Å². The summed E-state index contributed by atoms with van der Waals surface area (Å²) in [5.41, 5.74) is 2.87. The molecule has 12 heavy (non-hydrogen) atoms. The van der Waals surface area contributed by atoms with Gasteiger partial charge in [-0.2, -0.15) is 5.48 Å². The topological polar surface area (TPSA) is 34.4 Å². The fourth-order valence-corrected chi connectivity index (χ4v) is 0.953. The molecule has 1 atom stereocenters. The van der Waals surface area contributed by atoms with E-state index in [0.717, 1.165) is 11.5 Å². The van der Waals surface area contributed by atoms with E-state index in [2.05, 4.69) is 5.48 Å². The molecule has 0 amide bonds. The third-order valence-corrected chi connectivity index (χ3v) is 1.59. The summed E-state index contributed by atoms with van der Waals surface area (Å²) in [6.45, 7) is 6.52. The molecule has 0 spiro atoms. The molecule has 0 aliphatic carbocycles. The minimum Gasteiger partial charge on any atom is -0.465 e. The molecule has 3 nitrogen and oxygen atoms in total. The standard InChI is InChI=1S/C9H15NO2/c1-4-11-10-8(3)9-6-5-7(2)12-9/h5-6,8,10H,4H2,1-3H3. The number of aryl methyl sites for hydroxylation is 1. The summed E-state index contributed by atoms with van der Waals surface area (Å²) < 4.78 is 5.40. The predicted molar refractivity (Wildman–Crippen MR) is 46.6 cm³/mol. The molecule has 0 radical (unpaired) electrons. The molecule has 0 bridgehead atoms. The van der Waals surface area contributed by atoms with Crippen molar-refractivity contribution in [2.24, 2.45) is 0 Å². The van der Waals surface area contributed by atoms with Crippen molar-refractivity contribution in [3.05, 3.63) is 23.7 Å². The lowest BCUT2D eigenvalue weighted by molar-refractivity contribution is 0.0233. The van der Waals surface area contributed by atoms with Gasteiger partial charge in [-0.15, -0.1) is 0 Å². The van der Waals surface area contributed by atoms with E-state index in [1.807, 2.05) is 32.9 Å². The van der Waals surface area contributed by atoms with E-state index in [1.165, 1.54) is 0 Å². The second kappa shape index (κ2) is 4.28. The van der Waals surface area contributed by atoms with Gasteiger partial charge in [0.05, 0.1) is 12.6 Å². The monoisotopic (exact) mass is 169 g/mol. The van der Waals surface area contributed by atoms with Crippen molar-refractivity contribution in [2.45, 2.75) is 26.8 Å². The van der Waals surface area contributed by atoms with Crippen LogP contribution in [0.25, 0.3) is 0 Å². The number of hydrogen-bond acceptors (Lipinski definition) is 3. The van der Waals surface area contributed by atoms with Gasteiger partial charge < -0.3 is 9.25 Å². The third-order valence-electron chi connectivity index (χ3n) is 1.59. The van der Waals surface area contributed by atoms with Gasteiger partial charge in [-0.3, -0.25) is 0 Å². The minimum atomic E-state index is 0.110. The van der Waals surface area contributed by atoms with Crippen LogP contribution in [0.5, 0.6) is 0 Å². The van der Waals surface area contributed by atoms with Crippen LogP contribution in [0.1, 0.15) is 31.4 Å². The van der Waals surface area contributed by atoms with E-state index in [1.54, 1.807) is 0 Å². The van der Waals surface area contributed by atoms with E-state index in [9.17, 15) is 0 Å². The number of nitrogens with one attached hydrogen (secondary N) is 1. The highest BCUT2D eigenvalue weighted by molar-refractivity contribution is 5.08. The summed E-state index contributed by atoms with van der Waals surface area (Å²) in [5.74, 6) is 1.83. The molecular formula is C9H15NO2. The molecule has 0 aliphatic rings. The van der Waals surface area contributed by atoms with Gasteiger partial charge in [0.15, 0.2) is 0 Å². The highest BCUT2D eigenvalue weighted by atomic mass is 16.6. The number of furan rings is 1.